The number of allylic oxidation sites excluding steroid dienone is 25. The predicted molar refractivity (Wildman–Crippen MR) is 278 cm³/mol. The summed E-state index contributed by atoms with van der Waals surface area (Å²) in [5.41, 5.74) is 0. The molecule has 0 saturated heterocycles. The van der Waals surface area contributed by atoms with Crippen molar-refractivity contribution >= 4 is 13.7 Å². The fourth-order valence-corrected chi connectivity index (χ4v) is 6.37. The molecule has 0 spiro atoms. The van der Waals surface area contributed by atoms with Gasteiger partial charge >= 0.3 is 0 Å². The van der Waals surface area contributed by atoms with Crippen molar-refractivity contribution < 1.29 is 32.9 Å². The SMILES string of the molecule is CC/C=C\C/C=C\C/C=C\C/C=C\C/C=C\C/C=C\C/C=C\C/C=C\C/C=C\C/C=C\C/C=C\C/C=C\CCCCC(=O)NC(COP(=O)([O-])OCC[N+](C)(C)C)C(O)/C=C/CCCC. The molecule has 0 aliphatic rings. The van der Waals surface area contributed by atoms with Gasteiger partial charge in [-0.15, -0.1) is 0 Å². The first-order chi connectivity index (χ1) is 31.5. The van der Waals surface area contributed by atoms with E-state index in [9.17, 15) is 19.4 Å². The predicted octanol–water partition coefficient (Wildman–Crippen LogP) is 13.7. The molecule has 0 aromatic rings. The number of phosphoric acid groups is 1. The minimum atomic E-state index is -4.59. The van der Waals surface area contributed by atoms with Crippen molar-refractivity contribution in [2.24, 2.45) is 0 Å². The summed E-state index contributed by atoms with van der Waals surface area (Å²) in [6, 6.07) is -0.917. The molecule has 0 bridgehead atoms. The number of hydrogen-bond acceptors (Lipinski definition) is 6. The maximum absolute atomic E-state index is 12.7. The number of amides is 1. The average molecular weight is 917 g/mol. The summed E-state index contributed by atoms with van der Waals surface area (Å²) in [4.78, 5) is 25.0. The number of carbonyl (C=O) groups excluding carboxylic acids is 1. The molecule has 0 aliphatic heterocycles. The molecule has 0 radical (unpaired) electrons. The number of rotatable bonds is 41. The van der Waals surface area contributed by atoms with E-state index in [-0.39, 0.29) is 18.9 Å². The van der Waals surface area contributed by atoms with Gasteiger partial charge in [-0.05, 0) is 103 Å². The molecular weight excluding hydrogens is 828 g/mol. The molecule has 0 heterocycles. The summed E-state index contributed by atoms with van der Waals surface area (Å²) in [5, 5.41) is 13.5. The Bertz CT molecular complexity index is 1600. The molecule has 0 rings (SSSR count). The van der Waals surface area contributed by atoms with Gasteiger partial charge < -0.3 is 28.8 Å². The van der Waals surface area contributed by atoms with Gasteiger partial charge in [0.25, 0.3) is 7.82 Å². The van der Waals surface area contributed by atoms with E-state index in [0.29, 0.717) is 17.4 Å². The second-order valence-electron chi connectivity index (χ2n) is 16.7. The Morgan fingerprint density at radius 1 is 0.554 bits per heavy atom. The van der Waals surface area contributed by atoms with Gasteiger partial charge in [-0.1, -0.05) is 185 Å². The van der Waals surface area contributed by atoms with Crippen LogP contribution in [-0.4, -0.2) is 68.5 Å². The number of carbonyl (C=O) groups is 1. The Balaban J connectivity index is 4.07. The van der Waals surface area contributed by atoms with Crippen LogP contribution >= 0.6 is 7.82 Å². The van der Waals surface area contributed by atoms with Crippen molar-refractivity contribution in [2.75, 3.05) is 40.9 Å². The zero-order valence-corrected chi connectivity index (χ0v) is 42.0. The van der Waals surface area contributed by atoms with E-state index >= 15 is 0 Å². The number of nitrogens with one attached hydrogen (secondary N) is 1. The highest BCUT2D eigenvalue weighted by Crippen LogP contribution is 2.38. The molecule has 3 atom stereocenters. The van der Waals surface area contributed by atoms with E-state index in [1.54, 1.807) is 6.08 Å². The van der Waals surface area contributed by atoms with E-state index in [1.807, 2.05) is 27.2 Å². The van der Waals surface area contributed by atoms with Crippen molar-refractivity contribution in [1.82, 2.24) is 5.32 Å². The van der Waals surface area contributed by atoms with Crippen LogP contribution in [0.5, 0.6) is 0 Å². The van der Waals surface area contributed by atoms with E-state index in [1.165, 1.54) is 0 Å². The number of aliphatic hydroxyl groups is 1. The fourth-order valence-electron chi connectivity index (χ4n) is 5.65. The minimum Gasteiger partial charge on any atom is -0.756 e. The maximum atomic E-state index is 12.7. The Labute approximate surface area is 397 Å². The molecule has 0 saturated carbocycles. The highest BCUT2D eigenvalue weighted by molar-refractivity contribution is 7.45. The molecule has 0 fully saturated rings. The summed E-state index contributed by atoms with van der Waals surface area (Å²) < 4.78 is 22.9. The van der Waals surface area contributed by atoms with Gasteiger partial charge in [-0.2, -0.15) is 0 Å². The first-order valence-electron chi connectivity index (χ1n) is 24.3. The molecule has 364 valence electrons. The third kappa shape index (κ3) is 47.9. The third-order valence-electron chi connectivity index (χ3n) is 9.49. The van der Waals surface area contributed by atoms with Gasteiger partial charge in [0.2, 0.25) is 5.91 Å². The molecule has 9 heteroatoms. The van der Waals surface area contributed by atoms with Crippen LogP contribution < -0.4 is 10.2 Å². The van der Waals surface area contributed by atoms with Crippen LogP contribution in [0.1, 0.15) is 136 Å². The summed E-state index contributed by atoms with van der Waals surface area (Å²) in [6.45, 7) is 4.28. The van der Waals surface area contributed by atoms with Gasteiger partial charge in [0.05, 0.1) is 39.9 Å². The fraction of sp³-hybridized carbons (Fsp3) is 0.518. The van der Waals surface area contributed by atoms with Crippen molar-refractivity contribution in [3.05, 3.63) is 158 Å². The molecular formula is C56H89N2O6P. The van der Waals surface area contributed by atoms with E-state index in [2.05, 4.69) is 165 Å². The highest BCUT2D eigenvalue weighted by Gasteiger charge is 2.23. The van der Waals surface area contributed by atoms with E-state index < -0.39 is 26.6 Å². The normalized spacial score (nSPS) is 15.5. The van der Waals surface area contributed by atoms with Gasteiger partial charge in [-0.25, -0.2) is 0 Å². The lowest BCUT2D eigenvalue weighted by atomic mass is 10.1. The van der Waals surface area contributed by atoms with Crippen LogP contribution in [0.15, 0.2) is 158 Å². The Hall–Kier alpha value is -3.88. The molecule has 1 amide bonds. The van der Waals surface area contributed by atoms with Gasteiger partial charge in [0, 0.05) is 6.42 Å². The van der Waals surface area contributed by atoms with Crippen LogP contribution in [0, 0.1) is 0 Å². The maximum Gasteiger partial charge on any atom is 0.268 e. The molecule has 0 aromatic heterocycles. The number of hydrogen-bond donors (Lipinski definition) is 2. The van der Waals surface area contributed by atoms with Gasteiger partial charge in [-0.3, -0.25) is 9.36 Å². The van der Waals surface area contributed by atoms with E-state index in [4.69, 9.17) is 9.05 Å². The smallest absolute Gasteiger partial charge is 0.268 e. The summed E-state index contributed by atoms with van der Waals surface area (Å²) in [6.07, 6.45) is 72.5. The first-order valence-corrected chi connectivity index (χ1v) is 25.8. The third-order valence-corrected chi connectivity index (χ3v) is 10.5. The summed E-state index contributed by atoms with van der Waals surface area (Å²) >= 11 is 0. The van der Waals surface area contributed by atoms with Crippen molar-refractivity contribution in [3.63, 3.8) is 0 Å². The van der Waals surface area contributed by atoms with Crippen LogP contribution in [-0.2, 0) is 18.4 Å². The molecule has 3 unspecified atom stereocenters. The van der Waals surface area contributed by atoms with Crippen LogP contribution in [0.3, 0.4) is 0 Å². The van der Waals surface area contributed by atoms with Crippen LogP contribution in [0.4, 0.5) is 0 Å². The largest absolute Gasteiger partial charge is 0.756 e. The number of unbranched alkanes of at least 4 members (excludes halogenated alkanes) is 4. The molecule has 0 aromatic carbocycles. The van der Waals surface area contributed by atoms with Crippen LogP contribution in [0.25, 0.3) is 0 Å². The first kappa shape index (κ1) is 61.1. The second kappa shape index (κ2) is 45.3. The standard InChI is InChI=1S/C56H89N2O6P/c1-6-8-10-12-13-14-15-16-17-18-19-20-21-22-23-24-25-26-27-28-29-30-31-32-33-34-35-36-37-38-39-40-41-42-43-44-45-46-48-50-56(60)57-54(55(59)49-47-11-9-7-2)53-64-65(61,62)63-52-51-58(3,4)5/h8,10,13-14,16-17,19-20,22-23,25-26,28-29,31-32,34-35,37-38,40-41,43-44,47,49,54-55,59H,6-7,9,11-12,15,18,21,24,27,30,33,36,39,42,45-46,48,50-53H2,1-5H3,(H-,57,60,61,62)/b10-8-,14-13-,17-16-,20-19-,23-22-,26-25-,29-28-,32-31-,35-34-,38-37-,41-40-,44-43-,49-47+. The van der Waals surface area contributed by atoms with Crippen molar-refractivity contribution in [1.29, 1.82) is 0 Å². The number of likely N-dealkylation sites (N-methyl/N-ethyl adjacent to an activating group) is 1. The van der Waals surface area contributed by atoms with Gasteiger partial charge in [0.1, 0.15) is 13.2 Å². The Morgan fingerprint density at radius 2 is 0.923 bits per heavy atom. The monoisotopic (exact) mass is 917 g/mol. The topological polar surface area (TPSA) is 108 Å². The second-order valence-corrected chi connectivity index (χ2v) is 18.1. The summed E-state index contributed by atoms with van der Waals surface area (Å²) in [7, 11) is 1.19. The van der Waals surface area contributed by atoms with Crippen LogP contribution in [0.2, 0.25) is 0 Å². The van der Waals surface area contributed by atoms with Gasteiger partial charge in [0.15, 0.2) is 0 Å². The zero-order chi connectivity index (χ0) is 47.8. The lowest BCUT2D eigenvalue weighted by molar-refractivity contribution is -0.870. The van der Waals surface area contributed by atoms with Crippen molar-refractivity contribution in [3.8, 4) is 0 Å². The minimum absolute atomic E-state index is 0.0202. The quantitative estimate of drug-likeness (QED) is 0.0274. The zero-order valence-electron chi connectivity index (χ0n) is 41.1. The molecule has 65 heavy (non-hydrogen) atoms. The Morgan fingerprint density at radius 3 is 1.29 bits per heavy atom. The molecule has 8 nitrogen and oxygen atoms in total. The number of quaternary nitrogens is 1. The Kier molecular flexibility index (Phi) is 42.6. The van der Waals surface area contributed by atoms with E-state index in [0.717, 1.165) is 109 Å². The molecule has 2 N–H and O–H groups in total. The number of phosphoric ester groups is 1. The lowest BCUT2D eigenvalue weighted by Crippen LogP contribution is -2.45. The lowest BCUT2D eigenvalue weighted by Gasteiger charge is -2.29. The average Bonchev–Trinajstić information content (AvgIpc) is 3.26. The summed E-state index contributed by atoms with van der Waals surface area (Å²) in [5.74, 6) is -0.258. The number of aliphatic hydroxyl groups excluding tert-OH is 1. The number of nitrogens with zero attached hydrogens (tertiary/aromatic N) is 1. The van der Waals surface area contributed by atoms with Crippen molar-refractivity contribution in [2.45, 2.75) is 148 Å². The highest BCUT2D eigenvalue weighted by atomic mass is 31.2. The molecule has 0 aliphatic carbocycles.